The highest BCUT2D eigenvalue weighted by Gasteiger charge is 2.10. The van der Waals surface area contributed by atoms with Crippen molar-refractivity contribution < 1.29 is 14.3 Å². The average molecular weight is 254 g/mol. The van der Waals surface area contributed by atoms with Crippen LogP contribution in [0.2, 0.25) is 0 Å². The minimum absolute atomic E-state index is 0.548. The van der Waals surface area contributed by atoms with Gasteiger partial charge in [0.2, 0.25) is 0 Å². The lowest BCUT2D eigenvalue weighted by molar-refractivity contribution is 0.210. The lowest BCUT2D eigenvalue weighted by atomic mass is 10.0. The Hall–Kier alpha value is -2.82. The second-order valence-electron chi connectivity index (χ2n) is 4.00. The van der Waals surface area contributed by atoms with Gasteiger partial charge in [-0.25, -0.2) is 9.78 Å². The standard InChI is InChI=1S/C14H10N2O3/c17-14(18)16-12-6-5-11(13-7-15-8-19-13)9-3-1-2-4-10(9)12/h1-8,16H,(H,17,18). The molecule has 1 amide bonds. The van der Waals surface area contributed by atoms with E-state index in [1.807, 2.05) is 30.3 Å². The van der Waals surface area contributed by atoms with E-state index in [1.54, 1.807) is 12.3 Å². The van der Waals surface area contributed by atoms with Crippen LogP contribution in [0.5, 0.6) is 0 Å². The minimum Gasteiger partial charge on any atom is -0.465 e. The number of amides is 1. The van der Waals surface area contributed by atoms with Crippen molar-refractivity contribution in [3.8, 4) is 11.3 Å². The fourth-order valence-electron chi connectivity index (χ4n) is 2.09. The minimum atomic E-state index is -1.09. The molecule has 0 aliphatic carbocycles. The highest BCUT2D eigenvalue weighted by atomic mass is 16.4. The number of carbonyl (C=O) groups is 1. The Bertz CT molecular complexity index is 736. The number of aromatic nitrogens is 1. The van der Waals surface area contributed by atoms with Gasteiger partial charge in [-0.15, -0.1) is 0 Å². The van der Waals surface area contributed by atoms with Crippen LogP contribution in [0.25, 0.3) is 22.1 Å². The van der Waals surface area contributed by atoms with Crippen molar-refractivity contribution in [2.45, 2.75) is 0 Å². The molecule has 3 aromatic rings. The molecule has 0 bridgehead atoms. The Morgan fingerprint density at radius 2 is 1.95 bits per heavy atom. The second kappa shape index (κ2) is 4.45. The third kappa shape index (κ3) is 2.01. The molecule has 0 spiro atoms. The molecule has 3 rings (SSSR count). The van der Waals surface area contributed by atoms with Crippen LogP contribution in [0.1, 0.15) is 0 Å². The molecular formula is C14H10N2O3. The van der Waals surface area contributed by atoms with Gasteiger partial charge >= 0.3 is 6.09 Å². The maximum atomic E-state index is 10.8. The smallest absolute Gasteiger partial charge is 0.409 e. The molecule has 1 heterocycles. The Morgan fingerprint density at radius 3 is 2.63 bits per heavy atom. The van der Waals surface area contributed by atoms with Crippen molar-refractivity contribution in [1.82, 2.24) is 4.98 Å². The van der Waals surface area contributed by atoms with Gasteiger partial charge in [0.05, 0.1) is 11.9 Å². The van der Waals surface area contributed by atoms with E-state index < -0.39 is 6.09 Å². The summed E-state index contributed by atoms with van der Waals surface area (Å²) in [6.07, 6.45) is 1.91. The van der Waals surface area contributed by atoms with Crippen LogP contribution in [-0.2, 0) is 0 Å². The Labute approximate surface area is 108 Å². The number of nitrogens with one attached hydrogen (secondary N) is 1. The van der Waals surface area contributed by atoms with Gasteiger partial charge in [-0.3, -0.25) is 5.32 Å². The van der Waals surface area contributed by atoms with E-state index in [1.165, 1.54) is 6.39 Å². The van der Waals surface area contributed by atoms with Gasteiger partial charge in [0.15, 0.2) is 12.2 Å². The predicted molar refractivity (Wildman–Crippen MR) is 71.1 cm³/mol. The molecule has 19 heavy (non-hydrogen) atoms. The maximum Gasteiger partial charge on any atom is 0.409 e. The molecule has 0 unspecified atom stereocenters. The number of hydrogen-bond donors (Lipinski definition) is 2. The van der Waals surface area contributed by atoms with Crippen LogP contribution < -0.4 is 5.32 Å². The topological polar surface area (TPSA) is 75.4 Å². The summed E-state index contributed by atoms with van der Waals surface area (Å²) in [6.45, 7) is 0. The summed E-state index contributed by atoms with van der Waals surface area (Å²) in [4.78, 5) is 14.7. The van der Waals surface area contributed by atoms with E-state index in [9.17, 15) is 4.79 Å². The monoisotopic (exact) mass is 254 g/mol. The molecule has 0 aliphatic heterocycles. The van der Waals surface area contributed by atoms with E-state index >= 15 is 0 Å². The van der Waals surface area contributed by atoms with E-state index in [2.05, 4.69) is 10.3 Å². The molecule has 94 valence electrons. The van der Waals surface area contributed by atoms with E-state index in [0.29, 0.717) is 11.4 Å². The first kappa shape index (κ1) is 11.3. The van der Waals surface area contributed by atoms with Crippen LogP contribution in [-0.4, -0.2) is 16.2 Å². The first-order valence-corrected chi connectivity index (χ1v) is 5.66. The molecule has 0 saturated carbocycles. The zero-order valence-electron chi connectivity index (χ0n) is 9.83. The molecule has 0 fully saturated rings. The zero-order valence-corrected chi connectivity index (χ0v) is 9.83. The normalized spacial score (nSPS) is 10.5. The number of fused-ring (bicyclic) bond motifs is 1. The molecule has 1 aromatic heterocycles. The Balaban J connectivity index is 2.25. The van der Waals surface area contributed by atoms with Crippen molar-refractivity contribution in [1.29, 1.82) is 0 Å². The number of oxazole rings is 1. The van der Waals surface area contributed by atoms with Gasteiger partial charge in [-0.2, -0.15) is 0 Å². The molecule has 0 aliphatic rings. The van der Waals surface area contributed by atoms with Crippen LogP contribution >= 0.6 is 0 Å². The number of anilines is 1. The molecule has 0 radical (unpaired) electrons. The van der Waals surface area contributed by atoms with Crippen molar-refractivity contribution in [3.05, 3.63) is 49.0 Å². The van der Waals surface area contributed by atoms with E-state index in [4.69, 9.17) is 9.52 Å². The van der Waals surface area contributed by atoms with E-state index in [0.717, 1.165) is 16.3 Å². The molecule has 0 saturated heterocycles. The molecule has 2 N–H and O–H groups in total. The lowest BCUT2D eigenvalue weighted by Crippen LogP contribution is -2.07. The van der Waals surface area contributed by atoms with Crippen molar-refractivity contribution in [2.24, 2.45) is 0 Å². The predicted octanol–water partition coefficient (Wildman–Crippen LogP) is 3.58. The summed E-state index contributed by atoms with van der Waals surface area (Å²) < 4.78 is 5.30. The third-order valence-corrected chi connectivity index (χ3v) is 2.86. The molecule has 0 atom stereocenters. The summed E-state index contributed by atoms with van der Waals surface area (Å²) in [6, 6.07) is 11.1. The zero-order chi connectivity index (χ0) is 13.2. The second-order valence-corrected chi connectivity index (χ2v) is 4.00. The van der Waals surface area contributed by atoms with Gasteiger partial charge in [0.1, 0.15) is 0 Å². The van der Waals surface area contributed by atoms with Crippen LogP contribution in [0.15, 0.2) is 53.4 Å². The number of benzene rings is 2. The largest absolute Gasteiger partial charge is 0.465 e. The Morgan fingerprint density at radius 1 is 1.16 bits per heavy atom. The highest BCUT2D eigenvalue weighted by Crippen LogP contribution is 2.32. The number of rotatable bonds is 2. The van der Waals surface area contributed by atoms with Gasteiger partial charge in [0.25, 0.3) is 0 Å². The van der Waals surface area contributed by atoms with Gasteiger partial charge in [0, 0.05) is 10.9 Å². The molecule has 2 aromatic carbocycles. The fraction of sp³-hybridized carbons (Fsp3) is 0. The summed E-state index contributed by atoms with van der Waals surface area (Å²) in [5.41, 5.74) is 1.43. The summed E-state index contributed by atoms with van der Waals surface area (Å²) in [5.74, 6) is 0.651. The van der Waals surface area contributed by atoms with Crippen LogP contribution in [0, 0.1) is 0 Å². The maximum absolute atomic E-state index is 10.8. The molecule has 5 heteroatoms. The fourth-order valence-corrected chi connectivity index (χ4v) is 2.09. The number of carboxylic acid groups (broad SMARTS) is 1. The van der Waals surface area contributed by atoms with Crippen molar-refractivity contribution in [2.75, 3.05) is 5.32 Å². The summed E-state index contributed by atoms with van der Waals surface area (Å²) in [5, 5.41) is 13.0. The van der Waals surface area contributed by atoms with Gasteiger partial charge in [-0.1, -0.05) is 24.3 Å². The van der Waals surface area contributed by atoms with Crippen LogP contribution in [0.3, 0.4) is 0 Å². The van der Waals surface area contributed by atoms with Gasteiger partial charge < -0.3 is 9.52 Å². The number of hydrogen-bond acceptors (Lipinski definition) is 3. The van der Waals surface area contributed by atoms with E-state index in [-0.39, 0.29) is 0 Å². The lowest BCUT2D eigenvalue weighted by Gasteiger charge is -2.09. The van der Waals surface area contributed by atoms with Gasteiger partial charge in [-0.05, 0) is 17.5 Å². The summed E-state index contributed by atoms with van der Waals surface area (Å²) >= 11 is 0. The quantitative estimate of drug-likeness (QED) is 0.732. The van der Waals surface area contributed by atoms with Crippen molar-refractivity contribution >= 4 is 22.6 Å². The molecular weight excluding hydrogens is 244 g/mol. The third-order valence-electron chi connectivity index (χ3n) is 2.86. The number of nitrogens with zero attached hydrogens (tertiary/aromatic N) is 1. The highest BCUT2D eigenvalue weighted by molar-refractivity contribution is 6.05. The van der Waals surface area contributed by atoms with Crippen LogP contribution in [0.4, 0.5) is 10.5 Å². The Kier molecular flexibility index (Phi) is 2.64. The first-order chi connectivity index (χ1) is 9.25. The molecule has 5 nitrogen and oxygen atoms in total. The summed E-state index contributed by atoms with van der Waals surface area (Å²) in [7, 11) is 0. The first-order valence-electron chi connectivity index (χ1n) is 5.66. The van der Waals surface area contributed by atoms with Crippen molar-refractivity contribution in [3.63, 3.8) is 0 Å². The average Bonchev–Trinajstić information content (AvgIpc) is 2.92. The SMILES string of the molecule is O=C(O)Nc1ccc(-c2cnco2)c2ccccc12.